The van der Waals surface area contributed by atoms with Crippen LogP contribution in [0.1, 0.15) is 12.6 Å². The highest BCUT2D eigenvalue weighted by atomic mass is 79.9. The third kappa shape index (κ3) is 4.03. The van der Waals surface area contributed by atoms with Gasteiger partial charge in [0.15, 0.2) is 0 Å². The average Bonchev–Trinajstić information content (AvgIpc) is 2.39. The van der Waals surface area contributed by atoms with Crippen LogP contribution in [-0.4, -0.2) is 10.9 Å². The van der Waals surface area contributed by atoms with E-state index in [-0.39, 0.29) is 11.7 Å². The van der Waals surface area contributed by atoms with Crippen molar-refractivity contribution >= 4 is 33.2 Å². The van der Waals surface area contributed by atoms with E-state index in [0.717, 1.165) is 10.3 Å². The van der Waals surface area contributed by atoms with E-state index in [2.05, 4.69) is 31.5 Å². The molecule has 0 aliphatic rings. The first-order valence-corrected chi connectivity index (χ1v) is 6.76. The second-order valence-electron chi connectivity index (χ2n) is 4.18. The number of benzene rings is 1. The van der Waals surface area contributed by atoms with Gasteiger partial charge in [0.1, 0.15) is 10.4 Å². The second kappa shape index (κ2) is 6.47. The standard InChI is InChI=1S/C14H13BrFN3O/c1-9(20)18-10-5-6-12(16)13(7-10)17-8-11-3-2-4-14(15)19-11/h2-7,17H,8H2,1H3,(H,18,20). The Balaban J connectivity index is 2.10. The average molecular weight is 338 g/mol. The maximum absolute atomic E-state index is 13.7. The van der Waals surface area contributed by atoms with Gasteiger partial charge in [-0.05, 0) is 46.3 Å². The lowest BCUT2D eigenvalue weighted by atomic mass is 10.2. The summed E-state index contributed by atoms with van der Waals surface area (Å²) in [4.78, 5) is 15.2. The summed E-state index contributed by atoms with van der Waals surface area (Å²) in [5.74, 6) is -0.578. The van der Waals surface area contributed by atoms with E-state index < -0.39 is 0 Å². The minimum atomic E-state index is -0.380. The molecule has 0 fully saturated rings. The molecule has 4 nitrogen and oxygen atoms in total. The molecule has 2 aromatic rings. The Morgan fingerprint density at radius 1 is 1.35 bits per heavy atom. The first-order chi connectivity index (χ1) is 9.54. The van der Waals surface area contributed by atoms with Crippen LogP contribution in [0.3, 0.4) is 0 Å². The monoisotopic (exact) mass is 337 g/mol. The number of aromatic nitrogens is 1. The Kier molecular flexibility index (Phi) is 4.68. The van der Waals surface area contributed by atoms with Gasteiger partial charge in [0, 0.05) is 12.6 Å². The first kappa shape index (κ1) is 14.5. The summed E-state index contributed by atoms with van der Waals surface area (Å²) in [6.45, 7) is 1.79. The van der Waals surface area contributed by atoms with Crippen LogP contribution in [0.15, 0.2) is 41.0 Å². The van der Waals surface area contributed by atoms with Crippen molar-refractivity contribution in [1.82, 2.24) is 4.98 Å². The number of rotatable bonds is 4. The topological polar surface area (TPSA) is 54.0 Å². The zero-order valence-electron chi connectivity index (χ0n) is 10.8. The van der Waals surface area contributed by atoms with E-state index in [1.807, 2.05) is 18.2 Å². The molecule has 2 N–H and O–H groups in total. The predicted octanol–water partition coefficient (Wildman–Crippen LogP) is 3.55. The fourth-order valence-electron chi connectivity index (χ4n) is 1.68. The summed E-state index contributed by atoms with van der Waals surface area (Å²) >= 11 is 3.28. The van der Waals surface area contributed by atoms with E-state index in [4.69, 9.17) is 0 Å². The van der Waals surface area contributed by atoms with Crippen LogP contribution in [0.2, 0.25) is 0 Å². The lowest BCUT2D eigenvalue weighted by molar-refractivity contribution is -0.114. The molecule has 0 radical (unpaired) electrons. The van der Waals surface area contributed by atoms with Crippen molar-refractivity contribution in [3.63, 3.8) is 0 Å². The Morgan fingerprint density at radius 2 is 2.15 bits per heavy atom. The van der Waals surface area contributed by atoms with E-state index in [9.17, 15) is 9.18 Å². The van der Waals surface area contributed by atoms with Crippen molar-refractivity contribution in [3.8, 4) is 0 Å². The molecule has 20 heavy (non-hydrogen) atoms. The predicted molar refractivity (Wildman–Crippen MR) is 80.0 cm³/mol. The Bertz CT molecular complexity index is 634. The van der Waals surface area contributed by atoms with Gasteiger partial charge in [-0.2, -0.15) is 0 Å². The minimum Gasteiger partial charge on any atom is -0.377 e. The van der Waals surface area contributed by atoms with Crippen LogP contribution in [0.25, 0.3) is 0 Å². The fourth-order valence-corrected chi connectivity index (χ4v) is 2.06. The number of amides is 1. The number of carbonyl (C=O) groups excluding carboxylic acids is 1. The molecule has 0 saturated heterocycles. The van der Waals surface area contributed by atoms with Gasteiger partial charge in [-0.1, -0.05) is 6.07 Å². The minimum absolute atomic E-state index is 0.198. The maximum Gasteiger partial charge on any atom is 0.221 e. The van der Waals surface area contributed by atoms with Crippen molar-refractivity contribution in [2.75, 3.05) is 10.6 Å². The number of hydrogen-bond donors (Lipinski definition) is 2. The van der Waals surface area contributed by atoms with E-state index in [1.165, 1.54) is 19.1 Å². The van der Waals surface area contributed by atoms with Gasteiger partial charge in [-0.15, -0.1) is 0 Å². The summed E-state index contributed by atoms with van der Waals surface area (Å²) in [6.07, 6.45) is 0. The number of pyridine rings is 1. The third-order valence-electron chi connectivity index (χ3n) is 2.52. The van der Waals surface area contributed by atoms with Crippen LogP contribution < -0.4 is 10.6 Å². The summed E-state index contributed by atoms with van der Waals surface area (Å²) in [7, 11) is 0. The molecular formula is C14H13BrFN3O. The van der Waals surface area contributed by atoms with Gasteiger partial charge < -0.3 is 10.6 Å². The number of hydrogen-bond acceptors (Lipinski definition) is 3. The number of halogens is 2. The van der Waals surface area contributed by atoms with Crippen LogP contribution in [0.5, 0.6) is 0 Å². The molecule has 0 unspecified atom stereocenters. The molecule has 0 spiro atoms. The third-order valence-corrected chi connectivity index (χ3v) is 2.96. The summed E-state index contributed by atoms with van der Waals surface area (Å²) in [6, 6.07) is 9.89. The normalized spacial score (nSPS) is 10.2. The first-order valence-electron chi connectivity index (χ1n) is 5.97. The molecule has 104 valence electrons. The fraction of sp³-hybridized carbons (Fsp3) is 0.143. The van der Waals surface area contributed by atoms with Gasteiger partial charge >= 0.3 is 0 Å². The number of carbonyl (C=O) groups is 1. The SMILES string of the molecule is CC(=O)Nc1ccc(F)c(NCc2cccc(Br)n2)c1. The van der Waals surface area contributed by atoms with Crippen LogP contribution in [0.4, 0.5) is 15.8 Å². The molecule has 0 atom stereocenters. The van der Waals surface area contributed by atoms with Crippen molar-refractivity contribution in [1.29, 1.82) is 0 Å². The molecule has 1 amide bonds. The van der Waals surface area contributed by atoms with Crippen molar-refractivity contribution in [2.24, 2.45) is 0 Å². The number of nitrogens with zero attached hydrogens (tertiary/aromatic N) is 1. The summed E-state index contributed by atoms with van der Waals surface area (Å²) < 4.78 is 14.4. The lowest BCUT2D eigenvalue weighted by Gasteiger charge is -2.10. The summed E-state index contributed by atoms with van der Waals surface area (Å²) in [5.41, 5.74) is 1.64. The van der Waals surface area contributed by atoms with Gasteiger partial charge in [-0.3, -0.25) is 4.79 Å². The van der Waals surface area contributed by atoms with Crippen LogP contribution in [0, 0.1) is 5.82 Å². The molecule has 1 heterocycles. The van der Waals surface area contributed by atoms with E-state index in [0.29, 0.717) is 17.9 Å². The Hall–Kier alpha value is -1.95. The van der Waals surface area contributed by atoms with Crippen molar-refractivity contribution < 1.29 is 9.18 Å². The van der Waals surface area contributed by atoms with Crippen molar-refractivity contribution in [2.45, 2.75) is 13.5 Å². The van der Waals surface area contributed by atoms with Gasteiger partial charge in [0.25, 0.3) is 0 Å². The maximum atomic E-state index is 13.7. The van der Waals surface area contributed by atoms with Gasteiger partial charge in [-0.25, -0.2) is 9.37 Å². The zero-order valence-corrected chi connectivity index (χ0v) is 12.4. The Labute approximate surface area is 124 Å². The number of anilines is 2. The van der Waals surface area contributed by atoms with Crippen molar-refractivity contribution in [3.05, 3.63) is 52.5 Å². The molecule has 0 saturated carbocycles. The van der Waals surface area contributed by atoms with Gasteiger partial charge in [0.2, 0.25) is 5.91 Å². The smallest absolute Gasteiger partial charge is 0.221 e. The lowest BCUT2D eigenvalue weighted by Crippen LogP contribution is -2.08. The molecule has 0 bridgehead atoms. The van der Waals surface area contributed by atoms with E-state index >= 15 is 0 Å². The van der Waals surface area contributed by atoms with Gasteiger partial charge in [0.05, 0.1) is 17.9 Å². The highest BCUT2D eigenvalue weighted by Gasteiger charge is 2.05. The van der Waals surface area contributed by atoms with Crippen LogP contribution >= 0.6 is 15.9 Å². The number of nitrogens with one attached hydrogen (secondary N) is 2. The molecule has 6 heteroatoms. The highest BCUT2D eigenvalue weighted by molar-refractivity contribution is 9.10. The molecule has 0 aliphatic heterocycles. The van der Waals surface area contributed by atoms with E-state index in [1.54, 1.807) is 6.07 Å². The zero-order chi connectivity index (χ0) is 14.5. The summed E-state index contributed by atoms with van der Waals surface area (Å²) in [5, 5.41) is 5.57. The molecule has 0 aliphatic carbocycles. The molecule has 2 rings (SSSR count). The molecule has 1 aromatic heterocycles. The molecule has 1 aromatic carbocycles. The van der Waals surface area contributed by atoms with Crippen LogP contribution in [-0.2, 0) is 11.3 Å². The highest BCUT2D eigenvalue weighted by Crippen LogP contribution is 2.20. The second-order valence-corrected chi connectivity index (χ2v) is 4.99. The quantitative estimate of drug-likeness (QED) is 0.839. The largest absolute Gasteiger partial charge is 0.377 e. The Morgan fingerprint density at radius 3 is 2.85 bits per heavy atom. The molecular weight excluding hydrogens is 325 g/mol.